The lowest BCUT2D eigenvalue weighted by Gasteiger charge is -2.21. The van der Waals surface area contributed by atoms with E-state index in [4.69, 9.17) is 5.73 Å². The monoisotopic (exact) mass is 329 g/mol. The van der Waals surface area contributed by atoms with Crippen LogP contribution in [0.2, 0.25) is 0 Å². The van der Waals surface area contributed by atoms with Crippen LogP contribution in [-0.4, -0.2) is 0 Å². The predicted molar refractivity (Wildman–Crippen MR) is 110 cm³/mol. The summed E-state index contributed by atoms with van der Waals surface area (Å²) in [7, 11) is 0. The molecule has 25 heavy (non-hydrogen) atoms. The van der Waals surface area contributed by atoms with Crippen molar-refractivity contribution in [3.63, 3.8) is 0 Å². The number of nitrogen functional groups attached to an aromatic ring is 1. The van der Waals surface area contributed by atoms with Crippen molar-refractivity contribution in [2.75, 3.05) is 5.73 Å². The Hall–Kier alpha value is -2.54. The third-order valence-electron chi connectivity index (χ3n) is 5.82. The van der Waals surface area contributed by atoms with Crippen LogP contribution in [0.3, 0.4) is 0 Å². The minimum atomic E-state index is 0.800. The number of hydrogen-bond donors (Lipinski definition) is 1. The molecule has 3 aromatic carbocycles. The zero-order valence-corrected chi connectivity index (χ0v) is 16.1. The second-order valence-electron chi connectivity index (χ2n) is 7.10. The van der Waals surface area contributed by atoms with Crippen molar-refractivity contribution in [3.05, 3.63) is 75.8 Å². The molecule has 0 bridgehead atoms. The second-order valence-corrected chi connectivity index (χ2v) is 7.10. The maximum atomic E-state index is 5.85. The molecule has 1 heteroatoms. The van der Waals surface area contributed by atoms with Crippen molar-refractivity contribution in [2.45, 2.75) is 41.5 Å². The van der Waals surface area contributed by atoms with Gasteiger partial charge in [0.1, 0.15) is 0 Å². The van der Waals surface area contributed by atoms with Crippen molar-refractivity contribution in [1.29, 1.82) is 0 Å². The fourth-order valence-corrected chi connectivity index (χ4v) is 3.79. The first kappa shape index (κ1) is 17.3. The first-order valence-corrected chi connectivity index (χ1v) is 8.85. The van der Waals surface area contributed by atoms with E-state index in [9.17, 15) is 0 Å². The molecule has 3 aromatic rings. The summed E-state index contributed by atoms with van der Waals surface area (Å²) in [5, 5.41) is 0. The second kappa shape index (κ2) is 6.40. The number of hydrogen-bond acceptors (Lipinski definition) is 1. The molecule has 2 N–H and O–H groups in total. The molecule has 0 heterocycles. The third-order valence-corrected chi connectivity index (χ3v) is 5.82. The molecule has 0 amide bonds. The van der Waals surface area contributed by atoms with Crippen molar-refractivity contribution in [2.24, 2.45) is 0 Å². The topological polar surface area (TPSA) is 26.0 Å². The van der Waals surface area contributed by atoms with Gasteiger partial charge in [0.05, 0.1) is 0 Å². The lowest BCUT2D eigenvalue weighted by Crippen LogP contribution is -2.01. The molecular weight excluding hydrogens is 302 g/mol. The highest BCUT2D eigenvalue weighted by molar-refractivity contribution is 5.83. The molecule has 0 aliphatic carbocycles. The average molecular weight is 329 g/mol. The molecule has 0 radical (unpaired) electrons. The third kappa shape index (κ3) is 2.84. The van der Waals surface area contributed by atoms with Gasteiger partial charge in [-0.25, -0.2) is 0 Å². The van der Waals surface area contributed by atoms with E-state index in [0.29, 0.717) is 0 Å². The van der Waals surface area contributed by atoms with E-state index in [1.54, 1.807) is 0 Å². The molecule has 0 fully saturated rings. The Labute approximate surface area is 151 Å². The largest absolute Gasteiger partial charge is 0.399 e. The summed E-state index contributed by atoms with van der Waals surface area (Å²) in [4.78, 5) is 0. The van der Waals surface area contributed by atoms with Crippen molar-refractivity contribution in [1.82, 2.24) is 0 Å². The Morgan fingerprint density at radius 2 is 1.00 bits per heavy atom. The minimum Gasteiger partial charge on any atom is -0.399 e. The van der Waals surface area contributed by atoms with Gasteiger partial charge in [-0.3, -0.25) is 0 Å². The van der Waals surface area contributed by atoms with Gasteiger partial charge < -0.3 is 5.73 Å². The molecule has 0 saturated carbocycles. The smallest absolute Gasteiger partial charge is 0.0314 e. The highest BCUT2D eigenvalue weighted by Crippen LogP contribution is 2.38. The Balaban J connectivity index is 2.27. The minimum absolute atomic E-state index is 0.800. The van der Waals surface area contributed by atoms with Crippen LogP contribution >= 0.6 is 0 Å². The van der Waals surface area contributed by atoms with Gasteiger partial charge in [0, 0.05) is 5.69 Å². The molecule has 0 atom stereocenters. The molecule has 3 rings (SSSR count). The maximum Gasteiger partial charge on any atom is 0.0314 e. The number of rotatable bonds is 2. The van der Waals surface area contributed by atoms with Crippen LogP contribution in [0.1, 0.15) is 33.4 Å². The first-order chi connectivity index (χ1) is 11.8. The molecule has 128 valence electrons. The fourth-order valence-electron chi connectivity index (χ4n) is 3.79. The van der Waals surface area contributed by atoms with Crippen LogP contribution in [0.4, 0.5) is 5.69 Å². The Morgan fingerprint density at radius 1 is 0.520 bits per heavy atom. The number of nitrogens with two attached hydrogens (primary N) is 1. The molecule has 0 saturated heterocycles. The van der Waals surface area contributed by atoms with Gasteiger partial charge in [-0.1, -0.05) is 30.3 Å². The van der Waals surface area contributed by atoms with Crippen LogP contribution in [0.25, 0.3) is 22.3 Å². The van der Waals surface area contributed by atoms with E-state index in [-0.39, 0.29) is 0 Å². The fraction of sp³-hybridized carbons (Fsp3) is 0.250. The summed E-state index contributed by atoms with van der Waals surface area (Å²) in [6, 6.07) is 14.8. The molecular formula is C24H27N. The first-order valence-electron chi connectivity index (χ1n) is 8.85. The van der Waals surface area contributed by atoms with Crippen molar-refractivity contribution >= 4 is 5.69 Å². The van der Waals surface area contributed by atoms with Gasteiger partial charge in [0.2, 0.25) is 0 Å². The molecule has 0 aromatic heterocycles. The van der Waals surface area contributed by atoms with Crippen LogP contribution in [0.15, 0.2) is 42.5 Å². The summed E-state index contributed by atoms with van der Waals surface area (Å²) in [5.41, 5.74) is 20.1. The average Bonchev–Trinajstić information content (AvgIpc) is 2.61. The van der Waals surface area contributed by atoms with Gasteiger partial charge in [0.25, 0.3) is 0 Å². The van der Waals surface area contributed by atoms with E-state index in [0.717, 1.165) is 5.69 Å². The van der Waals surface area contributed by atoms with E-state index < -0.39 is 0 Å². The standard InChI is InChI=1S/C24H27N/c1-14-15(2)17(4)24(18(5)16(14)3)23-9-7-8-22(19(23)6)20-10-12-21(25)13-11-20/h7-13H,25H2,1-6H3. The highest BCUT2D eigenvalue weighted by Gasteiger charge is 2.16. The molecule has 0 unspecified atom stereocenters. The Bertz CT molecular complexity index is 918. The molecule has 0 aliphatic rings. The molecule has 0 spiro atoms. The van der Waals surface area contributed by atoms with Crippen molar-refractivity contribution < 1.29 is 0 Å². The SMILES string of the molecule is Cc1c(-c2ccc(N)cc2)cccc1-c1c(C)c(C)c(C)c(C)c1C. The van der Waals surface area contributed by atoms with E-state index in [1.165, 1.54) is 55.6 Å². The lowest BCUT2D eigenvalue weighted by molar-refractivity contribution is 1.17. The van der Waals surface area contributed by atoms with Crippen LogP contribution < -0.4 is 5.73 Å². The van der Waals surface area contributed by atoms with E-state index >= 15 is 0 Å². The van der Waals surface area contributed by atoms with Crippen LogP contribution in [0, 0.1) is 41.5 Å². The lowest BCUT2D eigenvalue weighted by atomic mass is 9.83. The zero-order valence-electron chi connectivity index (χ0n) is 16.1. The normalized spacial score (nSPS) is 11.0. The van der Waals surface area contributed by atoms with Gasteiger partial charge >= 0.3 is 0 Å². The zero-order chi connectivity index (χ0) is 18.3. The van der Waals surface area contributed by atoms with E-state index in [2.05, 4.69) is 71.9 Å². The highest BCUT2D eigenvalue weighted by atomic mass is 14.5. The number of benzene rings is 3. The molecule has 0 aliphatic heterocycles. The van der Waals surface area contributed by atoms with Gasteiger partial charge in [-0.15, -0.1) is 0 Å². The maximum absolute atomic E-state index is 5.85. The summed E-state index contributed by atoms with van der Waals surface area (Å²) < 4.78 is 0. The summed E-state index contributed by atoms with van der Waals surface area (Å²) in [6.45, 7) is 13.4. The van der Waals surface area contributed by atoms with E-state index in [1.807, 2.05) is 12.1 Å². The quantitative estimate of drug-likeness (QED) is 0.537. The van der Waals surface area contributed by atoms with Crippen LogP contribution in [-0.2, 0) is 0 Å². The van der Waals surface area contributed by atoms with Gasteiger partial charge in [0.15, 0.2) is 0 Å². The van der Waals surface area contributed by atoms with Gasteiger partial charge in [-0.2, -0.15) is 0 Å². The summed E-state index contributed by atoms with van der Waals surface area (Å²) in [5.74, 6) is 0. The Morgan fingerprint density at radius 3 is 1.56 bits per heavy atom. The summed E-state index contributed by atoms with van der Waals surface area (Å²) in [6.07, 6.45) is 0. The number of anilines is 1. The summed E-state index contributed by atoms with van der Waals surface area (Å²) >= 11 is 0. The molecule has 1 nitrogen and oxygen atoms in total. The van der Waals surface area contributed by atoms with Gasteiger partial charge in [-0.05, 0) is 109 Å². The van der Waals surface area contributed by atoms with Crippen LogP contribution in [0.5, 0.6) is 0 Å². The Kier molecular flexibility index (Phi) is 4.43. The predicted octanol–water partition coefficient (Wildman–Crippen LogP) is 6.45. The van der Waals surface area contributed by atoms with Crippen molar-refractivity contribution in [3.8, 4) is 22.3 Å².